The molecule has 114 valence electrons. The Hall–Kier alpha value is -1.06. The predicted octanol–water partition coefficient (Wildman–Crippen LogP) is 2.46. The van der Waals surface area contributed by atoms with Crippen molar-refractivity contribution >= 4 is 11.8 Å². The van der Waals surface area contributed by atoms with Gasteiger partial charge in [0.2, 0.25) is 11.8 Å². The molecule has 4 heteroatoms. The van der Waals surface area contributed by atoms with Crippen molar-refractivity contribution in [1.29, 1.82) is 0 Å². The first-order valence-corrected chi connectivity index (χ1v) is 8.16. The van der Waals surface area contributed by atoms with Crippen LogP contribution in [0.1, 0.15) is 64.7 Å². The molecule has 0 aromatic heterocycles. The highest BCUT2D eigenvalue weighted by Crippen LogP contribution is 2.28. The van der Waals surface area contributed by atoms with Crippen molar-refractivity contribution in [1.82, 2.24) is 4.90 Å². The fourth-order valence-electron chi connectivity index (χ4n) is 3.63. The van der Waals surface area contributed by atoms with Crippen LogP contribution in [0.3, 0.4) is 0 Å². The van der Waals surface area contributed by atoms with Gasteiger partial charge >= 0.3 is 0 Å². The summed E-state index contributed by atoms with van der Waals surface area (Å²) in [7, 11) is 0. The molecule has 2 fully saturated rings. The quantitative estimate of drug-likeness (QED) is 0.859. The van der Waals surface area contributed by atoms with E-state index in [1.54, 1.807) is 0 Å². The van der Waals surface area contributed by atoms with Crippen LogP contribution in [0.25, 0.3) is 0 Å². The van der Waals surface area contributed by atoms with Gasteiger partial charge in [-0.1, -0.05) is 32.1 Å². The fourth-order valence-corrected chi connectivity index (χ4v) is 3.63. The second-order valence-electron chi connectivity index (χ2n) is 6.61. The summed E-state index contributed by atoms with van der Waals surface area (Å²) >= 11 is 0. The average Bonchev–Trinajstić information content (AvgIpc) is 2.46. The van der Waals surface area contributed by atoms with Crippen molar-refractivity contribution in [2.24, 2.45) is 17.6 Å². The van der Waals surface area contributed by atoms with Crippen LogP contribution in [-0.4, -0.2) is 29.3 Å². The summed E-state index contributed by atoms with van der Waals surface area (Å²) in [6.07, 6.45) is 9.94. The Morgan fingerprint density at radius 2 is 1.80 bits per heavy atom. The molecular formula is C16H28N2O2. The minimum atomic E-state index is -0.262. The number of piperidine rings is 1. The van der Waals surface area contributed by atoms with Gasteiger partial charge in [-0.2, -0.15) is 0 Å². The van der Waals surface area contributed by atoms with Gasteiger partial charge in [0.25, 0.3) is 0 Å². The zero-order valence-corrected chi connectivity index (χ0v) is 12.6. The molecule has 2 N–H and O–H groups in total. The molecule has 2 amide bonds. The number of hydrogen-bond donors (Lipinski definition) is 1. The third kappa shape index (κ3) is 3.97. The Labute approximate surface area is 122 Å². The van der Waals surface area contributed by atoms with E-state index in [4.69, 9.17) is 5.73 Å². The molecule has 2 atom stereocenters. The summed E-state index contributed by atoms with van der Waals surface area (Å²) in [6.45, 7) is 2.61. The van der Waals surface area contributed by atoms with E-state index >= 15 is 0 Å². The van der Waals surface area contributed by atoms with E-state index < -0.39 is 0 Å². The number of nitrogens with zero attached hydrogens (tertiary/aromatic N) is 1. The summed E-state index contributed by atoms with van der Waals surface area (Å²) in [5, 5.41) is 0. The van der Waals surface area contributed by atoms with Crippen LogP contribution >= 0.6 is 0 Å². The lowest BCUT2D eigenvalue weighted by Crippen LogP contribution is -2.48. The van der Waals surface area contributed by atoms with E-state index in [-0.39, 0.29) is 23.8 Å². The van der Waals surface area contributed by atoms with Crippen LogP contribution in [0.4, 0.5) is 0 Å². The molecule has 1 saturated heterocycles. The Morgan fingerprint density at radius 1 is 1.10 bits per heavy atom. The van der Waals surface area contributed by atoms with Gasteiger partial charge in [-0.15, -0.1) is 0 Å². The number of hydrogen-bond acceptors (Lipinski definition) is 2. The third-order valence-electron chi connectivity index (χ3n) is 5.10. The zero-order valence-electron chi connectivity index (χ0n) is 12.6. The fraction of sp³-hybridized carbons (Fsp3) is 0.875. The lowest BCUT2D eigenvalue weighted by atomic mass is 9.85. The first-order chi connectivity index (χ1) is 9.58. The molecule has 1 aliphatic heterocycles. The molecule has 0 aromatic rings. The molecule has 0 radical (unpaired) electrons. The molecule has 0 unspecified atom stereocenters. The molecule has 20 heavy (non-hydrogen) atoms. The molecule has 2 aliphatic rings. The smallest absolute Gasteiger partial charge is 0.222 e. The summed E-state index contributed by atoms with van der Waals surface area (Å²) in [5.74, 6) is 0.542. The molecule has 4 nitrogen and oxygen atoms in total. The van der Waals surface area contributed by atoms with Crippen LogP contribution in [-0.2, 0) is 9.59 Å². The largest absolute Gasteiger partial charge is 0.369 e. The number of carbonyl (C=O) groups excluding carboxylic acids is 2. The second-order valence-corrected chi connectivity index (χ2v) is 6.61. The highest BCUT2D eigenvalue weighted by atomic mass is 16.2. The Bertz CT molecular complexity index is 350. The van der Waals surface area contributed by atoms with Gasteiger partial charge in [0.15, 0.2) is 0 Å². The van der Waals surface area contributed by atoms with E-state index in [0.29, 0.717) is 13.0 Å². The van der Waals surface area contributed by atoms with Gasteiger partial charge in [0.1, 0.15) is 0 Å². The zero-order chi connectivity index (χ0) is 14.5. The Balaban J connectivity index is 1.81. The first-order valence-electron chi connectivity index (χ1n) is 8.16. The summed E-state index contributed by atoms with van der Waals surface area (Å²) in [5.41, 5.74) is 5.39. The number of nitrogens with two attached hydrogens (primary N) is 1. The van der Waals surface area contributed by atoms with Crippen molar-refractivity contribution in [2.75, 3.05) is 6.54 Å². The maximum absolute atomic E-state index is 12.4. The maximum atomic E-state index is 12.4. The minimum Gasteiger partial charge on any atom is -0.369 e. The van der Waals surface area contributed by atoms with Crippen molar-refractivity contribution in [2.45, 2.75) is 70.8 Å². The number of rotatable bonds is 4. The number of primary amides is 1. The highest BCUT2D eigenvalue weighted by molar-refractivity contribution is 5.80. The molecule has 0 spiro atoms. The molecular weight excluding hydrogens is 252 g/mol. The van der Waals surface area contributed by atoms with Crippen LogP contribution in [0.5, 0.6) is 0 Å². The van der Waals surface area contributed by atoms with Gasteiger partial charge < -0.3 is 10.6 Å². The molecule has 2 rings (SSSR count). The van der Waals surface area contributed by atoms with Gasteiger partial charge in [-0.05, 0) is 32.1 Å². The Kier molecular flexibility index (Phi) is 5.44. The van der Waals surface area contributed by atoms with E-state index in [1.807, 2.05) is 4.90 Å². The van der Waals surface area contributed by atoms with Crippen molar-refractivity contribution in [3.8, 4) is 0 Å². The number of likely N-dealkylation sites (tertiary alicyclic amines) is 1. The highest BCUT2D eigenvalue weighted by Gasteiger charge is 2.31. The van der Waals surface area contributed by atoms with Gasteiger partial charge in [-0.3, -0.25) is 9.59 Å². The van der Waals surface area contributed by atoms with E-state index in [0.717, 1.165) is 25.2 Å². The monoisotopic (exact) mass is 280 g/mol. The second kappa shape index (κ2) is 7.09. The van der Waals surface area contributed by atoms with Crippen LogP contribution in [0, 0.1) is 11.8 Å². The van der Waals surface area contributed by atoms with E-state index in [9.17, 15) is 9.59 Å². The van der Waals surface area contributed by atoms with Crippen molar-refractivity contribution < 1.29 is 9.59 Å². The van der Waals surface area contributed by atoms with Crippen molar-refractivity contribution in [3.05, 3.63) is 0 Å². The minimum absolute atomic E-state index is 0.148. The lowest BCUT2D eigenvalue weighted by molar-refractivity contribution is -0.137. The summed E-state index contributed by atoms with van der Waals surface area (Å²) < 4.78 is 0. The van der Waals surface area contributed by atoms with E-state index in [1.165, 1.54) is 32.1 Å². The standard InChI is InChI=1S/C16H28N2O2/c1-12-7-9-14(16(17)20)11-18(12)15(19)10-8-13-5-3-2-4-6-13/h12-14H,2-11H2,1H3,(H2,17,20)/t12-,14-/m1/s1. The molecule has 0 bridgehead atoms. The molecule has 1 saturated carbocycles. The topological polar surface area (TPSA) is 63.4 Å². The van der Waals surface area contributed by atoms with Gasteiger partial charge in [0.05, 0.1) is 5.92 Å². The van der Waals surface area contributed by atoms with Crippen molar-refractivity contribution in [3.63, 3.8) is 0 Å². The predicted molar refractivity (Wildman–Crippen MR) is 78.9 cm³/mol. The van der Waals surface area contributed by atoms with Crippen LogP contribution in [0.2, 0.25) is 0 Å². The first kappa shape index (κ1) is 15.3. The lowest BCUT2D eigenvalue weighted by Gasteiger charge is -2.37. The van der Waals surface area contributed by atoms with Crippen LogP contribution in [0.15, 0.2) is 0 Å². The van der Waals surface area contributed by atoms with Gasteiger partial charge in [-0.25, -0.2) is 0 Å². The Morgan fingerprint density at radius 3 is 2.45 bits per heavy atom. The molecule has 0 aromatic carbocycles. The summed E-state index contributed by atoms with van der Waals surface area (Å²) in [4.78, 5) is 25.6. The number of carbonyl (C=O) groups is 2. The van der Waals surface area contributed by atoms with E-state index in [2.05, 4.69) is 6.92 Å². The third-order valence-corrected chi connectivity index (χ3v) is 5.10. The van der Waals surface area contributed by atoms with Gasteiger partial charge in [0, 0.05) is 19.0 Å². The average molecular weight is 280 g/mol. The van der Waals surface area contributed by atoms with Crippen LogP contribution < -0.4 is 5.73 Å². The molecule has 1 heterocycles. The normalized spacial score (nSPS) is 28.4. The summed E-state index contributed by atoms with van der Waals surface area (Å²) in [6, 6.07) is 0.254. The maximum Gasteiger partial charge on any atom is 0.222 e. The molecule has 1 aliphatic carbocycles. The SMILES string of the molecule is C[C@@H]1CC[C@@H](C(N)=O)CN1C(=O)CCC1CCCCC1. The number of amides is 2.